The van der Waals surface area contributed by atoms with E-state index in [4.69, 9.17) is 14.2 Å². The molecule has 19 heavy (non-hydrogen) atoms. The van der Waals surface area contributed by atoms with Gasteiger partial charge in [0.2, 0.25) is 0 Å². The molecule has 1 aromatic heterocycles. The first-order valence-electron chi connectivity index (χ1n) is 5.92. The molecule has 0 fully saturated rings. The average molecular weight is 280 g/mol. The second kappa shape index (κ2) is 5.48. The fraction of sp³-hybridized carbons (Fsp3) is 0.357. The third kappa shape index (κ3) is 2.66. The van der Waals surface area contributed by atoms with Gasteiger partial charge in [0.15, 0.2) is 10.6 Å². The summed E-state index contributed by atoms with van der Waals surface area (Å²) in [4.78, 5) is 12.3. The monoisotopic (exact) mass is 280 g/mol. The molecular weight excluding hydrogens is 264 g/mol. The summed E-state index contributed by atoms with van der Waals surface area (Å²) in [6.07, 6.45) is -0.0108. The number of ether oxygens (including phenoxy) is 3. The van der Waals surface area contributed by atoms with Crippen molar-refractivity contribution < 1.29 is 19.0 Å². The smallest absolute Gasteiger partial charge is 0.351 e. The van der Waals surface area contributed by atoms with E-state index in [-0.39, 0.29) is 12.1 Å². The summed E-state index contributed by atoms with van der Waals surface area (Å²) in [6.45, 7) is 3.85. The highest BCUT2D eigenvalue weighted by Gasteiger charge is 2.21. The fourth-order valence-corrected chi connectivity index (χ4v) is 2.84. The van der Waals surface area contributed by atoms with Crippen molar-refractivity contribution in [3.8, 4) is 11.5 Å². The van der Waals surface area contributed by atoms with Crippen LogP contribution in [0.3, 0.4) is 0 Å². The van der Waals surface area contributed by atoms with Gasteiger partial charge in [-0.15, -0.1) is 11.3 Å². The van der Waals surface area contributed by atoms with Gasteiger partial charge in [-0.05, 0) is 32.0 Å². The standard InChI is InChI=1S/C14H16O4S/c1-8(2)18-12-10-6-5-9(16-3)7-11(10)19-13(12)14(15)17-4/h5-8H,1-4H3. The summed E-state index contributed by atoms with van der Waals surface area (Å²) in [5.41, 5.74) is 0. The lowest BCUT2D eigenvalue weighted by Gasteiger charge is -2.10. The molecule has 0 radical (unpaired) electrons. The molecule has 0 aliphatic heterocycles. The highest BCUT2D eigenvalue weighted by molar-refractivity contribution is 7.21. The molecule has 5 heteroatoms. The lowest BCUT2D eigenvalue weighted by Crippen LogP contribution is -2.09. The summed E-state index contributed by atoms with van der Waals surface area (Å²) in [5, 5.41) is 0.903. The van der Waals surface area contributed by atoms with Crippen molar-refractivity contribution in [1.29, 1.82) is 0 Å². The first-order chi connectivity index (χ1) is 9.06. The van der Waals surface area contributed by atoms with Gasteiger partial charge in [0.25, 0.3) is 0 Å². The summed E-state index contributed by atoms with van der Waals surface area (Å²) < 4.78 is 16.7. The Morgan fingerprint density at radius 3 is 2.58 bits per heavy atom. The SMILES string of the molecule is COC(=O)c1sc2cc(OC)ccc2c1OC(C)C. The predicted octanol–water partition coefficient (Wildman–Crippen LogP) is 3.48. The normalized spacial score (nSPS) is 10.8. The first kappa shape index (κ1) is 13.7. The Morgan fingerprint density at radius 1 is 1.26 bits per heavy atom. The Labute approximate surface area is 115 Å². The Hall–Kier alpha value is -1.75. The van der Waals surface area contributed by atoms with Crippen LogP contribution in [-0.2, 0) is 4.74 Å². The third-order valence-electron chi connectivity index (χ3n) is 2.58. The minimum Gasteiger partial charge on any atom is -0.497 e. The third-order valence-corrected chi connectivity index (χ3v) is 3.69. The fourth-order valence-electron chi connectivity index (χ4n) is 1.76. The average Bonchev–Trinajstić information content (AvgIpc) is 2.75. The van der Waals surface area contributed by atoms with Crippen LogP contribution in [0, 0.1) is 0 Å². The summed E-state index contributed by atoms with van der Waals surface area (Å²) >= 11 is 1.35. The number of rotatable bonds is 4. The number of fused-ring (bicyclic) bond motifs is 1. The van der Waals surface area contributed by atoms with Crippen LogP contribution < -0.4 is 9.47 Å². The number of esters is 1. The maximum Gasteiger partial charge on any atom is 0.351 e. The maximum absolute atomic E-state index is 11.8. The number of thiophene rings is 1. The molecule has 0 aliphatic carbocycles. The van der Waals surface area contributed by atoms with Crippen LogP contribution in [0.15, 0.2) is 18.2 Å². The van der Waals surface area contributed by atoms with Gasteiger partial charge in [-0.2, -0.15) is 0 Å². The van der Waals surface area contributed by atoms with Crippen LogP contribution in [0.25, 0.3) is 10.1 Å². The molecule has 2 rings (SSSR count). The van der Waals surface area contributed by atoms with Crippen LogP contribution in [-0.4, -0.2) is 26.3 Å². The molecule has 102 valence electrons. The molecule has 0 saturated carbocycles. The molecule has 0 saturated heterocycles. The van der Waals surface area contributed by atoms with Crippen LogP contribution in [0.5, 0.6) is 11.5 Å². The van der Waals surface area contributed by atoms with Crippen molar-refractivity contribution in [3.05, 3.63) is 23.1 Å². The van der Waals surface area contributed by atoms with Crippen LogP contribution in [0.4, 0.5) is 0 Å². The predicted molar refractivity (Wildman–Crippen MR) is 75.5 cm³/mol. The number of methoxy groups -OCH3 is 2. The minimum absolute atomic E-state index is 0.0108. The zero-order chi connectivity index (χ0) is 14.0. The van der Waals surface area contributed by atoms with E-state index >= 15 is 0 Å². The van der Waals surface area contributed by atoms with Gasteiger partial charge in [-0.3, -0.25) is 0 Å². The maximum atomic E-state index is 11.8. The zero-order valence-electron chi connectivity index (χ0n) is 11.4. The Morgan fingerprint density at radius 2 is 2.00 bits per heavy atom. The molecular formula is C14H16O4S. The molecule has 0 atom stereocenters. The Bertz CT molecular complexity index is 601. The van der Waals surface area contributed by atoms with Crippen molar-refractivity contribution in [1.82, 2.24) is 0 Å². The molecule has 0 N–H and O–H groups in total. The van der Waals surface area contributed by atoms with Gasteiger partial charge >= 0.3 is 5.97 Å². The van der Waals surface area contributed by atoms with E-state index in [0.29, 0.717) is 10.6 Å². The lowest BCUT2D eigenvalue weighted by molar-refractivity contribution is 0.0601. The van der Waals surface area contributed by atoms with Gasteiger partial charge in [0.05, 0.1) is 20.3 Å². The van der Waals surface area contributed by atoms with Crippen molar-refractivity contribution in [2.24, 2.45) is 0 Å². The minimum atomic E-state index is -0.379. The van der Waals surface area contributed by atoms with Crippen LogP contribution in [0.2, 0.25) is 0 Å². The molecule has 0 spiro atoms. The quantitative estimate of drug-likeness (QED) is 0.804. The van der Waals surface area contributed by atoms with Gasteiger partial charge in [-0.1, -0.05) is 0 Å². The second-order valence-electron chi connectivity index (χ2n) is 4.28. The van der Waals surface area contributed by atoms with Crippen molar-refractivity contribution in [3.63, 3.8) is 0 Å². The lowest BCUT2D eigenvalue weighted by atomic mass is 10.2. The van der Waals surface area contributed by atoms with E-state index in [9.17, 15) is 4.79 Å². The largest absolute Gasteiger partial charge is 0.497 e. The molecule has 0 amide bonds. The topological polar surface area (TPSA) is 44.8 Å². The molecule has 4 nitrogen and oxygen atoms in total. The van der Waals surface area contributed by atoms with Gasteiger partial charge in [-0.25, -0.2) is 4.79 Å². The zero-order valence-corrected chi connectivity index (χ0v) is 12.2. The van der Waals surface area contributed by atoms with Gasteiger partial charge < -0.3 is 14.2 Å². The summed E-state index contributed by atoms with van der Waals surface area (Å²) in [6, 6.07) is 5.64. The van der Waals surface area contributed by atoms with E-state index in [1.165, 1.54) is 18.4 Å². The highest BCUT2D eigenvalue weighted by atomic mass is 32.1. The summed E-state index contributed by atoms with van der Waals surface area (Å²) in [7, 11) is 2.98. The highest BCUT2D eigenvalue weighted by Crippen LogP contribution is 2.40. The van der Waals surface area contributed by atoms with Crippen molar-refractivity contribution >= 4 is 27.4 Å². The first-order valence-corrected chi connectivity index (χ1v) is 6.74. The molecule has 0 bridgehead atoms. The molecule has 0 aliphatic rings. The van der Waals surface area contributed by atoms with Crippen molar-refractivity contribution in [2.45, 2.75) is 20.0 Å². The summed E-state index contributed by atoms with van der Waals surface area (Å²) in [5.74, 6) is 0.960. The number of hydrogen-bond donors (Lipinski definition) is 0. The number of hydrogen-bond acceptors (Lipinski definition) is 5. The van der Waals surface area contributed by atoms with E-state index in [2.05, 4.69) is 0 Å². The second-order valence-corrected chi connectivity index (χ2v) is 5.33. The molecule has 0 unspecified atom stereocenters. The van der Waals surface area contributed by atoms with Crippen LogP contribution in [0.1, 0.15) is 23.5 Å². The molecule has 2 aromatic rings. The number of carbonyl (C=O) groups is 1. The van der Waals surface area contributed by atoms with E-state index in [1.54, 1.807) is 7.11 Å². The number of benzene rings is 1. The Balaban J connectivity index is 2.61. The van der Waals surface area contributed by atoms with Crippen LogP contribution >= 0.6 is 11.3 Å². The molecule has 1 aromatic carbocycles. The van der Waals surface area contributed by atoms with E-state index in [1.807, 2.05) is 32.0 Å². The van der Waals surface area contributed by atoms with Gasteiger partial charge in [0.1, 0.15) is 5.75 Å². The number of carbonyl (C=O) groups excluding carboxylic acids is 1. The van der Waals surface area contributed by atoms with E-state index < -0.39 is 0 Å². The van der Waals surface area contributed by atoms with E-state index in [0.717, 1.165) is 15.8 Å². The molecule has 1 heterocycles. The Kier molecular flexibility index (Phi) is 3.95. The van der Waals surface area contributed by atoms with Crippen molar-refractivity contribution in [2.75, 3.05) is 14.2 Å². The van der Waals surface area contributed by atoms with Gasteiger partial charge in [0, 0.05) is 10.1 Å².